The van der Waals surface area contributed by atoms with Gasteiger partial charge in [-0.2, -0.15) is 0 Å². The second-order valence-electron chi connectivity index (χ2n) is 3.59. The lowest BCUT2D eigenvalue weighted by atomic mass is 9.88. The van der Waals surface area contributed by atoms with Gasteiger partial charge in [-0.1, -0.05) is 20.8 Å². The molecule has 0 fully saturated rings. The molecule has 0 aliphatic rings. The van der Waals surface area contributed by atoms with E-state index in [1.807, 2.05) is 0 Å². The number of amides is 2. The van der Waals surface area contributed by atoms with Crippen molar-refractivity contribution < 1.29 is 14.3 Å². The lowest BCUT2D eigenvalue weighted by Crippen LogP contribution is -2.43. The molecule has 2 amide bonds. The van der Waals surface area contributed by atoms with Crippen LogP contribution < -0.4 is 11.5 Å². The molecule has 0 aromatic rings. The third-order valence-electron chi connectivity index (χ3n) is 1.28. The molecule has 0 saturated carbocycles. The Morgan fingerprint density at radius 3 is 1.75 bits per heavy atom. The summed E-state index contributed by atoms with van der Waals surface area (Å²) in [5.41, 5.74) is 9.23. The Hall–Kier alpha value is -1.26. The van der Waals surface area contributed by atoms with Crippen LogP contribution in [0.3, 0.4) is 0 Å². The molecule has 0 bridgehead atoms. The Morgan fingerprint density at radius 2 is 1.67 bits per heavy atom. The highest BCUT2D eigenvalue weighted by molar-refractivity contribution is 5.82. The van der Waals surface area contributed by atoms with Crippen molar-refractivity contribution in [1.29, 1.82) is 0 Å². The number of primary amides is 2. The number of ether oxygens (including phenoxy) is 1. The summed E-state index contributed by atoms with van der Waals surface area (Å²) < 4.78 is 4.54. The van der Waals surface area contributed by atoms with E-state index in [4.69, 9.17) is 11.5 Å². The topological polar surface area (TPSA) is 95.4 Å². The van der Waals surface area contributed by atoms with Crippen molar-refractivity contribution in [2.24, 2.45) is 16.9 Å². The molecule has 1 atom stereocenters. The number of carbonyl (C=O) groups is 2. The SMILES string of the molecule is CC(C)(C)[C@H](OC(N)=O)C(N)=O. The minimum absolute atomic E-state index is 0.527. The Bertz CT molecular complexity index is 195. The summed E-state index contributed by atoms with van der Waals surface area (Å²) in [6, 6.07) is 0. The molecule has 70 valence electrons. The van der Waals surface area contributed by atoms with Crippen LogP contribution in [0.25, 0.3) is 0 Å². The summed E-state index contributed by atoms with van der Waals surface area (Å²) in [5.74, 6) is -0.693. The first-order valence-electron chi connectivity index (χ1n) is 3.50. The van der Waals surface area contributed by atoms with E-state index in [-0.39, 0.29) is 0 Å². The highest BCUT2D eigenvalue weighted by Crippen LogP contribution is 2.21. The van der Waals surface area contributed by atoms with E-state index < -0.39 is 23.5 Å². The van der Waals surface area contributed by atoms with Gasteiger partial charge in [0.05, 0.1) is 0 Å². The van der Waals surface area contributed by atoms with Gasteiger partial charge in [0.25, 0.3) is 5.91 Å². The molecule has 12 heavy (non-hydrogen) atoms. The summed E-state index contributed by atoms with van der Waals surface area (Å²) in [6.07, 6.45) is -1.97. The predicted molar refractivity (Wildman–Crippen MR) is 43.1 cm³/mol. The van der Waals surface area contributed by atoms with E-state index in [2.05, 4.69) is 4.74 Å². The summed E-state index contributed by atoms with van der Waals surface area (Å²) in [7, 11) is 0. The third-order valence-corrected chi connectivity index (χ3v) is 1.28. The first kappa shape index (κ1) is 10.7. The predicted octanol–water partition coefficient (Wildman–Crippen LogP) is -0.0183. The molecule has 0 rings (SSSR count). The van der Waals surface area contributed by atoms with Crippen LogP contribution in [-0.2, 0) is 9.53 Å². The van der Waals surface area contributed by atoms with Crippen LogP contribution >= 0.6 is 0 Å². The van der Waals surface area contributed by atoms with Crippen LogP contribution in [0.4, 0.5) is 4.79 Å². The maximum atomic E-state index is 10.8. The molecule has 0 aliphatic heterocycles. The van der Waals surface area contributed by atoms with Crippen LogP contribution in [0.15, 0.2) is 0 Å². The lowest BCUT2D eigenvalue weighted by molar-refractivity contribution is -0.131. The van der Waals surface area contributed by atoms with E-state index in [1.165, 1.54) is 0 Å². The zero-order valence-corrected chi connectivity index (χ0v) is 7.46. The number of carbonyl (C=O) groups excluding carboxylic acids is 2. The molecule has 5 heteroatoms. The summed E-state index contributed by atoms with van der Waals surface area (Å²) in [6.45, 7) is 5.18. The van der Waals surface area contributed by atoms with Gasteiger partial charge in [0.2, 0.25) is 0 Å². The van der Waals surface area contributed by atoms with Gasteiger partial charge < -0.3 is 16.2 Å². The lowest BCUT2D eigenvalue weighted by Gasteiger charge is -2.26. The summed E-state index contributed by atoms with van der Waals surface area (Å²) >= 11 is 0. The van der Waals surface area contributed by atoms with E-state index >= 15 is 0 Å². The molecule has 0 unspecified atom stereocenters. The molecular weight excluding hydrogens is 160 g/mol. The van der Waals surface area contributed by atoms with Crippen molar-refractivity contribution in [3.63, 3.8) is 0 Å². The fourth-order valence-electron chi connectivity index (χ4n) is 0.778. The minimum atomic E-state index is -0.992. The van der Waals surface area contributed by atoms with Crippen molar-refractivity contribution in [1.82, 2.24) is 0 Å². The van der Waals surface area contributed by atoms with Crippen LogP contribution in [0.1, 0.15) is 20.8 Å². The molecule has 0 aromatic heterocycles. The first-order valence-corrected chi connectivity index (χ1v) is 3.50. The Morgan fingerprint density at radius 1 is 1.25 bits per heavy atom. The number of nitrogens with two attached hydrogens (primary N) is 2. The van der Waals surface area contributed by atoms with Gasteiger partial charge in [0.15, 0.2) is 6.10 Å². The molecule has 5 nitrogen and oxygen atoms in total. The van der Waals surface area contributed by atoms with Gasteiger partial charge in [0, 0.05) is 5.41 Å². The third kappa shape index (κ3) is 3.23. The van der Waals surface area contributed by atoms with Crippen molar-refractivity contribution in [2.75, 3.05) is 0 Å². The quantitative estimate of drug-likeness (QED) is 0.615. The Kier molecular flexibility index (Phi) is 3.06. The molecule has 0 aliphatic carbocycles. The first-order chi connectivity index (χ1) is 5.25. The van der Waals surface area contributed by atoms with E-state index in [1.54, 1.807) is 20.8 Å². The molecule has 0 aromatic carbocycles. The highest BCUT2D eigenvalue weighted by atomic mass is 16.6. The van der Waals surface area contributed by atoms with Crippen LogP contribution in [0.2, 0.25) is 0 Å². The number of rotatable bonds is 2. The van der Waals surface area contributed by atoms with Crippen LogP contribution in [0, 0.1) is 5.41 Å². The largest absolute Gasteiger partial charge is 0.436 e. The van der Waals surface area contributed by atoms with Gasteiger partial charge in [-0.05, 0) is 0 Å². The smallest absolute Gasteiger partial charge is 0.405 e. The fraction of sp³-hybridized carbons (Fsp3) is 0.714. The normalized spacial score (nSPS) is 13.6. The van der Waals surface area contributed by atoms with Gasteiger partial charge in [-0.15, -0.1) is 0 Å². The standard InChI is InChI=1S/C7H14N2O3/c1-7(2,3)4(5(8)10)12-6(9)11/h4H,1-3H3,(H2,8,10)(H2,9,11)/t4-/m1/s1. The zero-order valence-electron chi connectivity index (χ0n) is 7.46. The van der Waals surface area contributed by atoms with Crippen molar-refractivity contribution in [3.8, 4) is 0 Å². The van der Waals surface area contributed by atoms with Crippen molar-refractivity contribution in [2.45, 2.75) is 26.9 Å². The van der Waals surface area contributed by atoms with Crippen LogP contribution in [-0.4, -0.2) is 18.1 Å². The van der Waals surface area contributed by atoms with Crippen molar-refractivity contribution >= 4 is 12.0 Å². The van der Waals surface area contributed by atoms with Crippen molar-refractivity contribution in [3.05, 3.63) is 0 Å². The summed E-state index contributed by atoms with van der Waals surface area (Å²) in [5, 5.41) is 0. The fourth-order valence-corrected chi connectivity index (χ4v) is 0.778. The number of hydrogen-bond acceptors (Lipinski definition) is 3. The van der Waals surface area contributed by atoms with E-state index in [9.17, 15) is 9.59 Å². The minimum Gasteiger partial charge on any atom is -0.436 e. The molecule has 0 spiro atoms. The monoisotopic (exact) mass is 174 g/mol. The average molecular weight is 174 g/mol. The maximum absolute atomic E-state index is 10.8. The van der Waals surface area contributed by atoms with Gasteiger partial charge in [0.1, 0.15) is 0 Å². The second-order valence-corrected chi connectivity index (χ2v) is 3.59. The molecule has 0 heterocycles. The molecule has 4 N–H and O–H groups in total. The van der Waals surface area contributed by atoms with Gasteiger partial charge in [-0.25, -0.2) is 4.79 Å². The molecule has 0 saturated heterocycles. The van der Waals surface area contributed by atoms with Gasteiger partial charge in [-0.3, -0.25) is 4.79 Å². The maximum Gasteiger partial charge on any atom is 0.405 e. The Labute approximate surface area is 71.0 Å². The average Bonchev–Trinajstić information content (AvgIpc) is 1.79. The second kappa shape index (κ2) is 3.42. The zero-order chi connectivity index (χ0) is 9.94. The molecular formula is C7H14N2O3. The van der Waals surface area contributed by atoms with E-state index in [0.717, 1.165) is 0 Å². The molecule has 0 radical (unpaired) electrons. The van der Waals surface area contributed by atoms with Crippen LogP contribution in [0.5, 0.6) is 0 Å². The Balaban J connectivity index is 4.46. The van der Waals surface area contributed by atoms with E-state index in [0.29, 0.717) is 0 Å². The summed E-state index contributed by atoms with van der Waals surface area (Å²) in [4.78, 5) is 21.1. The highest BCUT2D eigenvalue weighted by Gasteiger charge is 2.32. The van der Waals surface area contributed by atoms with Gasteiger partial charge >= 0.3 is 6.09 Å². The number of hydrogen-bond donors (Lipinski definition) is 2.